The molecular weight excluding hydrogens is 256 g/mol. The highest BCUT2D eigenvalue weighted by Crippen LogP contribution is 2.26. The molecule has 0 saturated carbocycles. The Morgan fingerprint density at radius 2 is 2.13 bits per heavy atom. The molecule has 0 bridgehead atoms. The molecule has 0 aliphatic carbocycles. The van der Waals surface area contributed by atoms with E-state index in [9.17, 15) is 5.11 Å². The van der Waals surface area contributed by atoms with Gasteiger partial charge in [0.1, 0.15) is 5.75 Å². The second-order valence-electron chi connectivity index (χ2n) is 3.58. The van der Waals surface area contributed by atoms with Gasteiger partial charge in [-0.3, -0.25) is 0 Å². The van der Waals surface area contributed by atoms with Gasteiger partial charge in [-0.05, 0) is 44.0 Å². The first kappa shape index (κ1) is 12.5. The molecule has 0 radical (unpaired) electrons. The Labute approximate surface area is 99.4 Å². The van der Waals surface area contributed by atoms with E-state index in [0.29, 0.717) is 6.61 Å². The second-order valence-corrected chi connectivity index (χ2v) is 5.02. The number of aryl methyl sites for hydroxylation is 1. The highest BCUT2D eigenvalue weighted by molar-refractivity contribution is 9.09. The maximum absolute atomic E-state index is 9.86. The van der Waals surface area contributed by atoms with Crippen LogP contribution in [0.2, 0.25) is 0 Å². The van der Waals surface area contributed by atoms with Crippen LogP contribution in [0.4, 0.5) is 0 Å². The van der Waals surface area contributed by atoms with Crippen molar-refractivity contribution in [2.24, 2.45) is 0 Å². The number of halogens is 1. The van der Waals surface area contributed by atoms with Gasteiger partial charge < -0.3 is 9.84 Å². The first-order valence-electron chi connectivity index (χ1n) is 5.11. The molecule has 0 spiro atoms. The third-order valence-corrected chi connectivity index (χ3v) is 2.78. The summed E-state index contributed by atoms with van der Waals surface area (Å²) in [5.74, 6) is 0.885. The summed E-state index contributed by atoms with van der Waals surface area (Å²) in [5.41, 5.74) is 1.97. The van der Waals surface area contributed by atoms with E-state index in [1.165, 1.54) is 0 Å². The zero-order chi connectivity index (χ0) is 11.4. The summed E-state index contributed by atoms with van der Waals surface area (Å²) in [7, 11) is 0. The van der Waals surface area contributed by atoms with Crippen LogP contribution in [0.15, 0.2) is 18.2 Å². The Hall–Kier alpha value is -0.540. The summed E-state index contributed by atoms with van der Waals surface area (Å²) < 4.78 is 5.44. The lowest BCUT2D eigenvalue weighted by atomic mass is 10.0. The van der Waals surface area contributed by atoms with E-state index in [4.69, 9.17) is 4.74 Å². The molecule has 1 rings (SSSR count). The van der Waals surface area contributed by atoms with Crippen molar-refractivity contribution in [1.82, 2.24) is 0 Å². The van der Waals surface area contributed by atoms with E-state index in [0.717, 1.165) is 16.9 Å². The Kier molecular flexibility index (Phi) is 4.61. The molecule has 0 aromatic heterocycles. The maximum atomic E-state index is 9.86. The normalized spacial score (nSPS) is 14.7. The van der Waals surface area contributed by atoms with Crippen molar-refractivity contribution in [2.45, 2.75) is 31.7 Å². The summed E-state index contributed by atoms with van der Waals surface area (Å²) in [6.07, 6.45) is -0.473. The van der Waals surface area contributed by atoms with Crippen molar-refractivity contribution in [1.29, 1.82) is 0 Å². The minimum Gasteiger partial charge on any atom is -0.494 e. The molecule has 0 fully saturated rings. The first-order valence-corrected chi connectivity index (χ1v) is 6.03. The molecule has 2 nitrogen and oxygen atoms in total. The van der Waals surface area contributed by atoms with Crippen LogP contribution >= 0.6 is 15.9 Å². The summed E-state index contributed by atoms with van der Waals surface area (Å²) in [6, 6.07) is 5.78. The molecule has 0 amide bonds. The fourth-order valence-corrected chi connectivity index (χ4v) is 1.74. The van der Waals surface area contributed by atoms with E-state index in [1.807, 2.05) is 39.0 Å². The summed E-state index contributed by atoms with van der Waals surface area (Å²) in [6.45, 7) is 6.54. The summed E-state index contributed by atoms with van der Waals surface area (Å²) >= 11 is 3.37. The molecule has 1 N–H and O–H groups in total. The molecule has 2 atom stereocenters. The first-order chi connectivity index (χ1) is 7.06. The number of aliphatic hydroxyl groups is 1. The predicted molar refractivity (Wildman–Crippen MR) is 65.7 cm³/mol. The fourth-order valence-electron chi connectivity index (χ4n) is 1.44. The lowest BCUT2D eigenvalue weighted by Gasteiger charge is -2.15. The van der Waals surface area contributed by atoms with Gasteiger partial charge in [0.05, 0.1) is 12.7 Å². The topological polar surface area (TPSA) is 29.5 Å². The Bertz CT molecular complexity index is 323. The van der Waals surface area contributed by atoms with E-state index >= 15 is 0 Å². The average molecular weight is 273 g/mol. The Morgan fingerprint density at radius 3 is 2.60 bits per heavy atom. The zero-order valence-corrected chi connectivity index (χ0v) is 10.9. The molecule has 84 valence electrons. The third-order valence-electron chi connectivity index (χ3n) is 2.28. The number of hydrogen-bond donors (Lipinski definition) is 1. The minimum atomic E-state index is -0.473. The van der Waals surface area contributed by atoms with Crippen molar-refractivity contribution < 1.29 is 9.84 Å². The molecule has 0 heterocycles. The smallest absolute Gasteiger partial charge is 0.122 e. The minimum absolute atomic E-state index is 0.0508. The van der Waals surface area contributed by atoms with Gasteiger partial charge in [0.25, 0.3) is 0 Å². The monoisotopic (exact) mass is 272 g/mol. The zero-order valence-electron chi connectivity index (χ0n) is 9.33. The van der Waals surface area contributed by atoms with E-state index in [-0.39, 0.29) is 4.83 Å². The quantitative estimate of drug-likeness (QED) is 0.853. The average Bonchev–Trinajstić information content (AvgIpc) is 2.20. The number of alkyl halides is 1. The highest BCUT2D eigenvalue weighted by atomic mass is 79.9. The molecule has 0 aliphatic heterocycles. The van der Waals surface area contributed by atoms with Crippen molar-refractivity contribution in [3.8, 4) is 5.75 Å². The Balaban J connectivity index is 2.90. The van der Waals surface area contributed by atoms with Crippen LogP contribution in [0, 0.1) is 6.92 Å². The van der Waals surface area contributed by atoms with Crippen molar-refractivity contribution in [2.75, 3.05) is 6.61 Å². The summed E-state index contributed by atoms with van der Waals surface area (Å²) in [5, 5.41) is 9.86. The number of aliphatic hydroxyl groups excluding tert-OH is 1. The van der Waals surface area contributed by atoms with Gasteiger partial charge in [-0.1, -0.05) is 22.0 Å². The van der Waals surface area contributed by atoms with Crippen molar-refractivity contribution in [3.63, 3.8) is 0 Å². The van der Waals surface area contributed by atoms with E-state index in [2.05, 4.69) is 15.9 Å². The van der Waals surface area contributed by atoms with Crippen molar-refractivity contribution >= 4 is 15.9 Å². The van der Waals surface area contributed by atoms with Crippen molar-refractivity contribution in [3.05, 3.63) is 29.3 Å². The van der Waals surface area contributed by atoms with E-state index in [1.54, 1.807) is 0 Å². The highest BCUT2D eigenvalue weighted by Gasteiger charge is 2.14. The molecule has 0 aliphatic rings. The lowest BCUT2D eigenvalue weighted by molar-refractivity contribution is 0.181. The largest absolute Gasteiger partial charge is 0.494 e. The molecule has 2 unspecified atom stereocenters. The second kappa shape index (κ2) is 5.52. The fraction of sp³-hybridized carbons (Fsp3) is 0.500. The number of ether oxygens (including phenoxy) is 1. The molecular formula is C12H17BrO2. The SMILES string of the molecule is CCOc1ccc(C(O)C(C)Br)cc1C. The van der Waals surface area contributed by atoms with Crippen LogP contribution < -0.4 is 4.74 Å². The van der Waals surface area contributed by atoms with Gasteiger partial charge in [0, 0.05) is 4.83 Å². The van der Waals surface area contributed by atoms with Gasteiger partial charge in [-0.15, -0.1) is 0 Å². The lowest BCUT2D eigenvalue weighted by Crippen LogP contribution is -2.08. The molecule has 3 heteroatoms. The van der Waals surface area contributed by atoms with Gasteiger partial charge >= 0.3 is 0 Å². The number of rotatable bonds is 4. The van der Waals surface area contributed by atoms with Gasteiger partial charge in [0.2, 0.25) is 0 Å². The molecule has 15 heavy (non-hydrogen) atoms. The Morgan fingerprint density at radius 1 is 1.47 bits per heavy atom. The van der Waals surface area contributed by atoms with Gasteiger partial charge in [-0.25, -0.2) is 0 Å². The number of benzene rings is 1. The van der Waals surface area contributed by atoms with Crippen LogP contribution in [0.1, 0.15) is 31.1 Å². The van der Waals surface area contributed by atoms with E-state index < -0.39 is 6.10 Å². The standard InChI is InChI=1S/C12H17BrO2/c1-4-15-11-6-5-10(7-8(11)2)12(14)9(3)13/h5-7,9,12,14H,4H2,1-3H3. The molecule has 1 aromatic rings. The third kappa shape index (κ3) is 3.21. The predicted octanol–water partition coefficient (Wildman–Crippen LogP) is 3.21. The van der Waals surface area contributed by atoms with Crippen LogP contribution in [0.3, 0.4) is 0 Å². The van der Waals surface area contributed by atoms with Crippen LogP contribution in [-0.4, -0.2) is 16.5 Å². The maximum Gasteiger partial charge on any atom is 0.122 e. The van der Waals surface area contributed by atoms with Gasteiger partial charge in [-0.2, -0.15) is 0 Å². The summed E-state index contributed by atoms with van der Waals surface area (Å²) in [4.78, 5) is 0.0508. The molecule has 0 saturated heterocycles. The van der Waals surface area contributed by atoms with Crippen LogP contribution in [0.5, 0.6) is 5.75 Å². The van der Waals surface area contributed by atoms with Crippen LogP contribution in [-0.2, 0) is 0 Å². The molecule has 1 aromatic carbocycles. The van der Waals surface area contributed by atoms with Crippen LogP contribution in [0.25, 0.3) is 0 Å². The number of hydrogen-bond acceptors (Lipinski definition) is 2. The van der Waals surface area contributed by atoms with Gasteiger partial charge in [0.15, 0.2) is 0 Å².